The van der Waals surface area contributed by atoms with E-state index in [9.17, 15) is 9.59 Å². The highest BCUT2D eigenvalue weighted by Crippen LogP contribution is 2.37. The molecule has 2 aliphatic carbocycles. The second-order valence-corrected chi connectivity index (χ2v) is 12.6. The van der Waals surface area contributed by atoms with Gasteiger partial charge in [0, 0.05) is 33.9 Å². The van der Waals surface area contributed by atoms with Crippen LogP contribution in [0, 0.1) is 23.7 Å². The predicted molar refractivity (Wildman–Crippen MR) is 146 cm³/mol. The topological polar surface area (TPSA) is 109 Å². The molecule has 3 aliphatic heterocycles. The van der Waals surface area contributed by atoms with Crippen LogP contribution in [-0.2, 0) is 19.1 Å². The van der Waals surface area contributed by atoms with Crippen LogP contribution in [0.5, 0.6) is 0 Å². The summed E-state index contributed by atoms with van der Waals surface area (Å²) in [4.78, 5) is 31.6. The van der Waals surface area contributed by atoms with Crippen molar-refractivity contribution in [3.63, 3.8) is 0 Å². The Kier molecular flexibility index (Phi) is 9.63. The maximum absolute atomic E-state index is 13.7. The van der Waals surface area contributed by atoms with E-state index < -0.39 is 0 Å². The van der Waals surface area contributed by atoms with Gasteiger partial charge in [0.1, 0.15) is 0 Å². The van der Waals surface area contributed by atoms with Crippen LogP contribution < -0.4 is 16.4 Å². The lowest BCUT2D eigenvalue weighted by Crippen LogP contribution is -2.74. The minimum atomic E-state index is -0.383. The van der Waals surface area contributed by atoms with Gasteiger partial charge in [-0.3, -0.25) is 19.8 Å². The zero-order valence-electron chi connectivity index (χ0n) is 23.6. The smallest absolute Gasteiger partial charge is 0.229 e. The number of hydrogen-bond donors (Lipinski definition) is 3. The monoisotopic (exact) mass is 533 g/mol. The number of nitrogens with zero attached hydrogens (tertiary/aromatic N) is 2. The Balaban J connectivity index is 1.24. The van der Waals surface area contributed by atoms with Crippen molar-refractivity contribution in [3.05, 3.63) is 0 Å². The molecule has 38 heavy (non-hydrogen) atoms. The van der Waals surface area contributed by atoms with E-state index in [1.807, 2.05) is 12.0 Å². The highest BCUT2D eigenvalue weighted by molar-refractivity contribution is 5.84. The molecule has 0 spiro atoms. The standard InChI is InChI=1S/C29H51N5O4/c1-37-21-10-6-19(7-11-21)14-16-34-26(30)23(28(35)31-18-20-8-12-22(38-2)13-9-20)17-24-27(34)32-25-5-3-4-15-33(25)29(24)36/h19-27,32H,3-18,30H2,1-2H3,(H,31,35). The van der Waals surface area contributed by atoms with Gasteiger partial charge in [-0.2, -0.15) is 0 Å². The normalized spacial score (nSPS) is 40.3. The maximum atomic E-state index is 13.7. The number of carbonyl (C=O) groups is 2. The zero-order chi connectivity index (χ0) is 26.6. The van der Waals surface area contributed by atoms with Gasteiger partial charge in [0.05, 0.1) is 42.5 Å². The molecule has 3 saturated heterocycles. The fourth-order valence-corrected chi connectivity index (χ4v) is 7.90. The van der Waals surface area contributed by atoms with Gasteiger partial charge in [0.15, 0.2) is 0 Å². The van der Waals surface area contributed by atoms with Gasteiger partial charge in [0.25, 0.3) is 0 Å². The Morgan fingerprint density at radius 1 is 0.974 bits per heavy atom. The van der Waals surface area contributed by atoms with Gasteiger partial charge in [-0.25, -0.2) is 0 Å². The number of piperidine rings is 2. The molecule has 0 aromatic heterocycles. The zero-order valence-corrected chi connectivity index (χ0v) is 23.6. The van der Waals surface area contributed by atoms with Crippen molar-refractivity contribution in [2.75, 3.05) is 33.9 Å². The van der Waals surface area contributed by atoms with Crippen LogP contribution in [-0.4, -0.2) is 86.2 Å². The van der Waals surface area contributed by atoms with E-state index in [-0.39, 0.29) is 42.1 Å². The fraction of sp³-hybridized carbons (Fsp3) is 0.931. The Labute approximate surface area is 228 Å². The molecule has 5 aliphatic rings. The number of rotatable bonds is 8. The Morgan fingerprint density at radius 3 is 2.29 bits per heavy atom. The van der Waals surface area contributed by atoms with Crippen LogP contribution in [0.4, 0.5) is 0 Å². The van der Waals surface area contributed by atoms with E-state index in [0.29, 0.717) is 37.0 Å². The first kappa shape index (κ1) is 28.3. The summed E-state index contributed by atoms with van der Waals surface area (Å²) in [6.07, 6.45) is 14.0. The summed E-state index contributed by atoms with van der Waals surface area (Å²) in [5.41, 5.74) is 6.91. The van der Waals surface area contributed by atoms with Gasteiger partial charge in [-0.1, -0.05) is 0 Å². The number of nitrogens with two attached hydrogens (primary N) is 1. The van der Waals surface area contributed by atoms with Crippen molar-refractivity contribution in [1.29, 1.82) is 0 Å². The number of ether oxygens (including phenoxy) is 2. The molecular formula is C29H51N5O4. The number of nitrogens with one attached hydrogen (secondary N) is 2. The number of hydrogen-bond acceptors (Lipinski definition) is 7. The molecule has 4 N–H and O–H groups in total. The second-order valence-electron chi connectivity index (χ2n) is 12.6. The third-order valence-corrected chi connectivity index (χ3v) is 10.5. The van der Waals surface area contributed by atoms with E-state index in [2.05, 4.69) is 15.5 Å². The van der Waals surface area contributed by atoms with Crippen LogP contribution in [0.15, 0.2) is 0 Å². The molecule has 0 radical (unpaired) electrons. The Hall–Kier alpha value is -1.26. The molecule has 0 aromatic carbocycles. The SMILES string of the molecule is COC1CCC(CCN2C(N)C(C(=O)NCC3CCC(OC)CC3)CC3C(=O)N4CCCCC4NC32)CC1. The third-order valence-electron chi connectivity index (χ3n) is 10.5. The first-order valence-electron chi connectivity index (χ1n) is 15.4. The summed E-state index contributed by atoms with van der Waals surface area (Å²) in [5.74, 6) is 0.775. The predicted octanol–water partition coefficient (Wildman–Crippen LogP) is 2.39. The summed E-state index contributed by atoms with van der Waals surface area (Å²) < 4.78 is 11.1. The quantitative estimate of drug-likeness (QED) is 0.440. The fourth-order valence-electron chi connectivity index (χ4n) is 7.90. The molecule has 9 heteroatoms. The molecule has 9 nitrogen and oxygen atoms in total. The van der Waals surface area contributed by atoms with Crippen LogP contribution in [0.2, 0.25) is 0 Å². The number of carbonyl (C=O) groups excluding carboxylic acids is 2. The van der Waals surface area contributed by atoms with Crippen LogP contribution >= 0.6 is 0 Å². The Bertz CT molecular complexity index is 798. The van der Waals surface area contributed by atoms with Crippen LogP contribution in [0.1, 0.15) is 83.5 Å². The second kappa shape index (κ2) is 12.9. The third kappa shape index (κ3) is 6.22. The van der Waals surface area contributed by atoms with Gasteiger partial charge < -0.3 is 25.4 Å². The minimum absolute atomic E-state index is 0.0176. The highest BCUT2D eigenvalue weighted by Gasteiger charge is 2.52. The molecule has 5 fully saturated rings. The molecule has 2 saturated carbocycles. The lowest BCUT2D eigenvalue weighted by Gasteiger charge is -2.55. The summed E-state index contributed by atoms with van der Waals surface area (Å²) in [5, 5.41) is 7.06. The summed E-state index contributed by atoms with van der Waals surface area (Å²) in [6.45, 7) is 2.33. The van der Waals surface area contributed by atoms with E-state index in [1.165, 1.54) is 12.8 Å². The van der Waals surface area contributed by atoms with Gasteiger partial charge in [-0.05, 0) is 95.3 Å². The van der Waals surface area contributed by atoms with Crippen molar-refractivity contribution in [1.82, 2.24) is 20.4 Å². The van der Waals surface area contributed by atoms with Crippen molar-refractivity contribution in [2.45, 2.75) is 114 Å². The average Bonchev–Trinajstić information content (AvgIpc) is 2.96. The number of amides is 2. The first-order valence-corrected chi connectivity index (χ1v) is 15.4. The number of likely N-dealkylation sites (tertiary alicyclic amines) is 1. The van der Waals surface area contributed by atoms with Crippen LogP contribution in [0.3, 0.4) is 0 Å². The minimum Gasteiger partial charge on any atom is -0.381 e. The largest absolute Gasteiger partial charge is 0.381 e. The highest BCUT2D eigenvalue weighted by atomic mass is 16.5. The maximum Gasteiger partial charge on any atom is 0.229 e. The summed E-state index contributed by atoms with van der Waals surface area (Å²) >= 11 is 0. The summed E-state index contributed by atoms with van der Waals surface area (Å²) in [6, 6.07) is 0. The van der Waals surface area contributed by atoms with E-state index >= 15 is 0 Å². The van der Waals surface area contributed by atoms with Gasteiger partial charge >= 0.3 is 0 Å². The lowest BCUT2D eigenvalue weighted by atomic mass is 9.79. The summed E-state index contributed by atoms with van der Waals surface area (Å²) in [7, 11) is 3.60. The van der Waals surface area contributed by atoms with Gasteiger partial charge in [-0.15, -0.1) is 0 Å². The molecule has 5 unspecified atom stereocenters. The van der Waals surface area contributed by atoms with Crippen molar-refractivity contribution in [2.24, 2.45) is 29.4 Å². The average molecular weight is 534 g/mol. The van der Waals surface area contributed by atoms with E-state index in [0.717, 1.165) is 77.3 Å². The van der Waals surface area contributed by atoms with E-state index in [1.54, 1.807) is 7.11 Å². The van der Waals surface area contributed by atoms with Crippen LogP contribution in [0.25, 0.3) is 0 Å². The van der Waals surface area contributed by atoms with E-state index in [4.69, 9.17) is 15.2 Å². The van der Waals surface area contributed by atoms with Gasteiger partial charge in [0.2, 0.25) is 11.8 Å². The Morgan fingerprint density at radius 2 is 1.63 bits per heavy atom. The number of fused-ring (bicyclic) bond motifs is 2. The lowest BCUT2D eigenvalue weighted by molar-refractivity contribution is -0.162. The number of methoxy groups -OCH3 is 2. The molecule has 0 bridgehead atoms. The van der Waals surface area contributed by atoms with Crippen molar-refractivity contribution >= 4 is 11.8 Å². The van der Waals surface area contributed by atoms with Crippen molar-refractivity contribution < 1.29 is 19.1 Å². The molecule has 3 heterocycles. The molecule has 0 aromatic rings. The molecule has 5 atom stereocenters. The molecule has 2 amide bonds. The first-order chi connectivity index (χ1) is 18.5. The van der Waals surface area contributed by atoms with Crippen molar-refractivity contribution in [3.8, 4) is 0 Å². The molecule has 5 rings (SSSR count). The molecular weight excluding hydrogens is 482 g/mol. The molecule has 216 valence electrons.